The van der Waals surface area contributed by atoms with Crippen molar-refractivity contribution in [3.63, 3.8) is 0 Å². The molecule has 0 saturated carbocycles. The van der Waals surface area contributed by atoms with Gasteiger partial charge in [-0.25, -0.2) is 4.98 Å². The van der Waals surface area contributed by atoms with Crippen molar-refractivity contribution in [2.75, 3.05) is 11.9 Å². The average Bonchev–Trinajstić information content (AvgIpc) is 2.03. The number of nitrogens with zero attached hydrogens (tertiary/aromatic N) is 2. The third-order valence-electron chi connectivity index (χ3n) is 1.12. The van der Waals surface area contributed by atoms with Crippen LogP contribution in [0, 0.1) is 0 Å². The largest absolute Gasteiger partial charge is 0.369 e. The minimum absolute atomic E-state index is 0.851. The van der Waals surface area contributed by atoms with Gasteiger partial charge in [-0.05, 0) is 6.42 Å². The Hall–Kier alpha value is -1.12. The number of aromatic nitrogens is 2. The van der Waals surface area contributed by atoms with Crippen LogP contribution in [-0.2, 0) is 0 Å². The molecule has 10 heavy (non-hydrogen) atoms. The summed E-state index contributed by atoms with van der Waals surface area (Å²) in [5, 5.41) is 3.12. The van der Waals surface area contributed by atoms with E-state index in [1.54, 1.807) is 18.6 Å². The molecule has 0 saturated heterocycles. The van der Waals surface area contributed by atoms with Crippen molar-refractivity contribution in [3.05, 3.63) is 18.6 Å². The molecule has 0 aliphatic carbocycles. The number of hydrogen-bond donors (Lipinski definition) is 1. The zero-order chi connectivity index (χ0) is 7.23. The molecule has 0 unspecified atom stereocenters. The summed E-state index contributed by atoms with van der Waals surface area (Å²) in [4.78, 5) is 7.96. The molecule has 0 aliphatic rings. The van der Waals surface area contributed by atoms with E-state index in [1.807, 2.05) is 0 Å². The van der Waals surface area contributed by atoms with Crippen LogP contribution < -0.4 is 5.32 Å². The predicted octanol–water partition coefficient (Wildman–Crippen LogP) is 1.30. The lowest BCUT2D eigenvalue weighted by Crippen LogP contribution is -2.01. The molecule has 0 aliphatic heterocycles. The summed E-state index contributed by atoms with van der Waals surface area (Å²) in [6.07, 6.45) is 6.17. The van der Waals surface area contributed by atoms with E-state index in [0.717, 1.165) is 18.8 Å². The maximum absolute atomic E-state index is 4.04. The molecule has 1 N–H and O–H groups in total. The number of rotatable bonds is 3. The van der Waals surface area contributed by atoms with Crippen molar-refractivity contribution in [3.8, 4) is 0 Å². The molecule has 1 heterocycles. The van der Waals surface area contributed by atoms with E-state index in [-0.39, 0.29) is 0 Å². The third kappa shape index (κ3) is 2.01. The van der Waals surface area contributed by atoms with Crippen LogP contribution in [0.4, 0.5) is 5.82 Å². The summed E-state index contributed by atoms with van der Waals surface area (Å²) >= 11 is 0. The Bertz CT molecular complexity index is 173. The van der Waals surface area contributed by atoms with Crippen LogP contribution in [0.2, 0.25) is 0 Å². The summed E-state index contributed by atoms with van der Waals surface area (Å²) < 4.78 is 0. The third-order valence-corrected chi connectivity index (χ3v) is 1.12. The Morgan fingerprint density at radius 2 is 2.40 bits per heavy atom. The summed E-state index contributed by atoms with van der Waals surface area (Å²) in [6, 6.07) is 0. The molecular formula is C7H11N3. The van der Waals surface area contributed by atoms with Crippen LogP contribution in [0.1, 0.15) is 13.3 Å². The molecular weight excluding hydrogens is 126 g/mol. The van der Waals surface area contributed by atoms with E-state index in [1.165, 1.54) is 0 Å². The second kappa shape index (κ2) is 3.82. The molecule has 54 valence electrons. The SMILES string of the molecule is CCCNc1cnccn1. The molecule has 0 fully saturated rings. The average molecular weight is 137 g/mol. The molecule has 0 bridgehead atoms. The first kappa shape index (κ1) is 6.99. The van der Waals surface area contributed by atoms with Crippen molar-refractivity contribution in [1.29, 1.82) is 0 Å². The van der Waals surface area contributed by atoms with Gasteiger partial charge in [0.2, 0.25) is 0 Å². The first-order chi connectivity index (χ1) is 4.93. The number of hydrogen-bond acceptors (Lipinski definition) is 3. The maximum atomic E-state index is 4.04. The van der Waals surface area contributed by atoms with Gasteiger partial charge in [0.25, 0.3) is 0 Å². The van der Waals surface area contributed by atoms with Crippen LogP contribution in [0.3, 0.4) is 0 Å². The minimum Gasteiger partial charge on any atom is -0.369 e. The molecule has 1 rings (SSSR count). The van der Waals surface area contributed by atoms with E-state index >= 15 is 0 Å². The summed E-state index contributed by atoms with van der Waals surface area (Å²) in [5.74, 6) is 0.851. The smallest absolute Gasteiger partial charge is 0.144 e. The fraction of sp³-hybridized carbons (Fsp3) is 0.429. The van der Waals surface area contributed by atoms with Gasteiger partial charge in [-0.15, -0.1) is 0 Å². The highest BCUT2D eigenvalue weighted by Gasteiger charge is 1.86. The Morgan fingerprint density at radius 3 is 3.00 bits per heavy atom. The molecule has 0 atom stereocenters. The first-order valence-corrected chi connectivity index (χ1v) is 3.43. The van der Waals surface area contributed by atoms with Gasteiger partial charge in [0.05, 0.1) is 6.20 Å². The molecule has 1 aromatic heterocycles. The quantitative estimate of drug-likeness (QED) is 0.682. The minimum atomic E-state index is 0.851. The topological polar surface area (TPSA) is 37.8 Å². The van der Waals surface area contributed by atoms with E-state index in [2.05, 4.69) is 22.2 Å². The molecule has 3 nitrogen and oxygen atoms in total. The molecule has 0 amide bonds. The van der Waals surface area contributed by atoms with Gasteiger partial charge in [-0.3, -0.25) is 4.98 Å². The van der Waals surface area contributed by atoms with Gasteiger partial charge >= 0.3 is 0 Å². The summed E-state index contributed by atoms with van der Waals surface area (Å²) in [7, 11) is 0. The van der Waals surface area contributed by atoms with Crippen molar-refractivity contribution < 1.29 is 0 Å². The lowest BCUT2D eigenvalue weighted by molar-refractivity contribution is 0.965. The second-order valence-electron chi connectivity index (χ2n) is 2.02. The molecule has 0 spiro atoms. The van der Waals surface area contributed by atoms with Crippen LogP contribution in [0.25, 0.3) is 0 Å². The lowest BCUT2D eigenvalue weighted by atomic mass is 10.5. The zero-order valence-corrected chi connectivity index (χ0v) is 6.04. The Balaban J connectivity index is 2.43. The summed E-state index contributed by atoms with van der Waals surface area (Å²) in [5.41, 5.74) is 0. The Labute approximate surface area is 60.5 Å². The van der Waals surface area contributed by atoms with Crippen molar-refractivity contribution in [2.24, 2.45) is 0 Å². The van der Waals surface area contributed by atoms with Gasteiger partial charge in [0.1, 0.15) is 5.82 Å². The van der Waals surface area contributed by atoms with Crippen LogP contribution >= 0.6 is 0 Å². The number of nitrogens with one attached hydrogen (secondary N) is 1. The normalized spacial score (nSPS) is 9.30. The van der Waals surface area contributed by atoms with Gasteiger partial charge in [0.15, 0.2) is 0 Å². The van der Waals surface area contributed by atoms with Crippen molar-refractivity contribution in [2.45, 2.75) is 13.3 Å². The Kier molecular flexibility index (Phi) is 2.67. The van der Waals surface area contributed by atoms with Gasteiger partial charge in [0, 0.05) is 18.9 Å². The standard InChI is InChI=1S/C7H11N3/c1-2-3-9-7-6-8-4-5-10-7/h4-6H,2-3H2,1H3,(H,9,10). The monoisotopic (exact) mass is 137 g/mol. The highest BCUT2D eigenvalue weighted by Crippen LogP contribution is 1.95. The zero-order valence-electron chi connectivity index (χ0n) is 6.04. The maximum Gasteiger partial charge on any atom is 0.144 e. The lowest BCUT2D eigenvalue weighted by Gasteiger charge is -1.99. The highest BCUT2D eigenvalue weighted by molar-refractivity contribution is 5.29. The molecule has 1 aromatic rings. The number of anilines is 1. The van der Waals surface area contributed by atoms with Crippen molar-refractivity contribution >= 4 is 5.82 Å². The van der Waals surface area contributed by atoms with Gasteiger partial charge in [-0.2, -0.15) is 0 Å². The van der Waals surface area contributed by atoms with Gasteiger partial charge < -0.3 is 5.32 Å². The second-order valence-corrected chi connectivity index (χ2v) is 2.02. The Morgan fingerprint density at radius 1 is 1.50 bits per heavy atom. The van der Waals surface area contributed by atoms with Crippen LogP contribution in [-0.4, -0.2) is 16.5 Å². The molecule has 3 heteroatoms. The van der Waals surface area contributed by atoms with Gasteiger partial charge in [-0.1, -0.05) is 6.92 Å². The van der Waals surface area contributed by atoms with E-state index in [4.69, 9.17) is 0 Å². The van der Waals surface area contributed by atoms with E-state index < -0.39 is 0 Å². The van der Waals surface area contributed by atoms with E-state index in [0.29, 0.717) is 0 Å². The molecule has 0 aromatic carbocycles. The van der Waals surface area contributed by atoms with E-state index in [9.17, 15) is 0 Å². The fourth-order valence-corrected chi connectivity index (χ4v) is 0.643. The predicted molar refractivity (Wildman–Crippen MR) is 40.8 cm³/mol. The van der Waals surface area contributed by atoms with Crippen LogP contribution in [0.5, 0.6) is 0 Å². The molecule has 0 radical (unpaired) electrons. The summed E-state index contributed by atoms with van der Waals surface area (Å²) in [6.45, 7) is 3.07. The highest BCUT2D eigenvalue weighted by atomic mass is 15.0. The first-order valence-electron chi connectivity index (χ1n) is 3.43. The van der Waals surface area contributed by atoms with Crippen molar-refractivity contribution in [1.82, 2.24) is 9.97 Å². The van der Waals surface area contributed by atoms with Crippen LogP contribution in [0.15, 0.2) is 18.6 Å². The fourth-order valence-electron chi connectivity index (χ4n) is 0.643.